The minimum absolute atomic E-state index is 0.159. The minimum Gasteiger partial charge on any atom is -0.306 e. The molecule has 1 aliphatic carbocycles. The Bertz CT molecular complexity index is 347. The zero-order valence-electron chi connectivity index (χ0n) is 11.9. The third-order valence-corrected chi connectivity index (χ3v) is 5.40. The highest BCUT2D eigenvalue weighted by Crippen LogP contribution is 2.40. The molecule has 18 heavy (non-hydrogen) atoms. The van der Waals surface area contributed by atoms with Crippen molar-refractivity contribution in [3.05, 3.63) is 16.6 Å². The molecule has 0 amide bonds. The van der Waals surface area contributed by atoms with Crippen molar-refractivity contribution in [2.24, 2.45) is 11.8 Å². The predicted molar refractivity (Wildman–Crippen MR) is 78.9 cm³/mol. The van der Waals surface area contributed by atoms with E-state index in [9.17, 15) is 0 Å². The van der Waals surface area contributed by atoms with Crippen molar-refractivity contribution in [2.45, 2.75) is 58.4 Å². The molecule has 3 heteroatoms. The Labute approximate surface area is 115 Å². The summed E-state index contributed by atoms with van der Waals surface area (Å²) in [4.78, 5) is 4.60. The molecule has 0 aromatic carbocycles. The lowest BCUT2D eigenvalue weighted by molar-refractivity contribution is 0.280. The van der Waals surface area contributed by atoms with E-state index in [2.05, 4.69) is 36.5 Å². The summed E-state index contributed by atoms with van der Waals surface area (Å²) < 4.78 is 0. The van der Waals surface area contributed by atoms with Crippen molar-refractivity contribution in [2.75, 3.05) is 6.54 Å². The van der Waals surface area contributed by atoms with Gasteiger partial charge in [0, 0.05) is 11.6 Å². The summed E-state index contributed by atoms with van der Waals surface area (Å²) in [6, 6.07) is 0. The summed E-state index contributed by atoms with van der Waals surface area (Å²) in [5.74, 6) is 1.71. The van der Waals surface area contributed by atoms with Crippen LogP contribution in [0.3, 0.4) is 0 Å². The molecule has 0 saturated heterocycles. The quantitative estimate of drug-likeness (QED) is 0.827. The fraction of sp³-hybridized carbons (Fsp3) is 0.800. The third kappa shape index (κ3) is 2.94. The maximum absolute atomic E-state index is 4.60. The van der Waals surface area contributed by atoms with Gasteiger partial charge >= 0.3 is 0 Å². The number of nitrogens with one attached hydrogen (secondary N) is 1. The first kappa shape index (κ1) is 14.0. The Kier molecular flexibility index (Phi) is 4.79. The second kappa shape index (κ2) is 6.16. The number of hydrogen-bond acceptors (Lipinski definition) is 3. The van der Waals surface area contributed by atoms with Crippen LogP contribution in [0.25, 0.3) is 0 Å². The Hall–Kier alpha value is -0.410. The fourth-order valence-electron chi connectivity index (χ4n) is 3.30. The zero-order chi connectivity index (χ0) is 13.0. The number of nitrogens with zero attached hydrogens (tertiary/aromatic N) is 1. The maximum atomic E-state index is 4.60. The molecule has 1 N–H and O–H groups in total. The van der Waals surface area contributed by atoms with Crippen LogP contribution in [0.2, 0.25) is 0 Å². The molecule has 2 rings (SSSR count). The van der Waals surface area contributed by atoms with Gasteiger partial charge in [-0.25, -0.2) is 4.98 Å². The van der Waals surface area contributed by atoms with Gasteiger partial charge in [0.2, 0.25) is 0 Å². The summed E-state index contributed by atoms with van der Waals surface area (Å²) in [6.07, 6.45) is 8.49. The largest absolute Gasteiger partial charge is 0.306 e. The van der Waals surface area contributed by atoms with E-state index in [4.69, 9.17) is 0 Å². The van der Waals surface area contributed by atoms with E-state index in [0.717, 1.165) is 18.4 Å². The Morgan fingerprint density at radius 1 is 1.44 bits per heavy atom. The van der Waals surface area contributed by atoms with Crippen LogP contribution in [0.15, 0.2) is 11.6 Å². The Morgan fingerprint density at radius 2 is 2.28 bits per heavy atom. The van der Waals surface area contributed by atoms with E-state index < -0.39 is 0 Å². The number of aromatic nitrogens is 1. The molecule has 1 fully saturated rings. The molecule has 0 aliphatic heterocycles. The first-order valence-corrected chi connectivity index (χ1v) is 8.21. The average Bonchev–Trinajstić information content (AvgIpc) is 2.79. The number of hydrogen-bond donors (Lipinski definition) is 1. The Morgan fingerprint density at radius 3 is 2.89 bits per heavy atom. The van der Waals surface area contributed by atoms with Gasteiger partial charge in [0.15, 0.2) is 0 Å². The lowest BCUT2D eigenvalue weighted by atomic mass is 9.86. The van der Waals surface area contributed by atoms with E-state index in [1.54, 1.807) is 0 Å². The van der Waals surface area contributed by atoms with Crippen LogP contribution in [0.5, 0.6) is 0 Å². The molecule has 1 aromatic rings. The topological polar surface area (TPSA) is 24.9 Å². The summed E-state index contributed by atoms with van der Waals surface area (Å²) in [5.41, 5.74) is 0.159. The van der Waals surface area contributed by atoms with Crippen molar-refractivity contribution in [1.82, 2.24) is 10.3 Å². The molecule has 1 aliphatic rings. The van der Waals surface area contributed by atoms with Gasteiger partial charge in [-0.1, -0.05) is 33.6 Å². The van der Waals surface area contributed by atoms with Crippen LogP contribution in [0, 0.1) is 11.8 Å². The van der Waals surface area contributed by atoms with Crippen LogP contribution in [0.4, 0.5) is 0 Å². The van der Waals surface area contributed by atoms with Gasteiger partial charge in [0.05, 0.1) is 5.54 Å². The SMILES string of the molecule is CCNC1(c2nccs2)CCCC(C(C)C)CC1. The molecule has 0 spiro atoms. The number of rotatable bonds is 4. The summed E-state index contributed by atoms with van der Waals surface area (Å²) in [7, 11) is 0. The van der Waals surface area contributed by atoms with Crippen LogP contribution in [-0.2, 0) is 5.54 Å². The molecule has 2 atom stereocenters. The average molecular weight is 266 g/mol. The zero-order valence-corrected chi connectivity index (χ0v) is 12.7. The van der Waals surface area contributed by atoms with Crippen molar-refractivity contribution in [3.8, 4) is 0 Å². The highest BCUT2D eigenvalue weighted by Gasteiger charge is 2.36. The first-order valence-electron chi connectivity index (χ1n) is 7.33. The molecule has 0 bridgehead atoms. The second-order valence-corrected chi connectivity index (χ2v) is 6.78. The second-order valence-electron chi connectivity index (χ2n) is 5.88. The third-order valence-electron chi connectivity index (χ3n) is 4.42. The smallest absolute Gasteiger partial charge is 0.113 e. The van der Waals surface area contributed by atoms with Crippen LogP contribution in [0.1, 0.15) is 57.9 Å². The van der Waals surface area contributed by atoms with Gasteiger partial charge in [0.25, 0.3) is 0 Å². The molecule has 1 heterocycles. The van der Waals surface area contributed by atoms with Crippen molar-refractivity contribution in [3.63, 3.8) is 0 Å². The molecular formula is C15H26N2S. The van der Waals surface area contributed by atoms with E-state index >= 15 is 0 Å². The van der Waals surface area contributed by atoms with E-state index in [1.807, 2.05) is 17.5 Å². The normalized spacial score (nSPS) is 29.4. The van der Waals surface area contributed by atoms with Crippen molar-refractivity contribution in [1.29, 1.82) is 0 Å². The first-order chi connectivity index (χ1) is 8.68. The minimum atomic E-state index is 0.159. The van der Waals surface area contributed by atoms with Gasteiger partial charge in [-0.3, -0.25) is 0 Å². The maximum Gasteiger partial charge on any atom is 0.113 e. The van der Waals surface area contributed by atoms with Crippen molar-refractivity contribution < 1.29 is 0 Å². The van der Waals surface area contributed by atoms with Crippen LogP contribution in [-0.4, -0.2) is 11.5 Å². The summed E-state index contributed by atoms with van der Waals surface area (Å²) in [5, 5.41) is 7.16. The van der Waals surface area contributed by atoms with Gasteiger partial charge in [-0.15, -0.1) is 11.3 Å². The van der Waals surface area contributed by atoms with Crippen LogP contribution < -0.4 is 5.32 Å². The van der Waals surface area contributed by atoms with Gasteiger partial charge in [-0.2, -0.15) is 0 Å². The lowest BCUT2D eigenvalue weighted by Crippen LogP contribution is -2.42. The monoisotopic (exact) mass is 266 g/mol. The molecule has 1 aromatic heterocycles. The Balaban J connectivity index is 2.16. The van der Waals surface area contributed by atoms with E-state index in [-0.39, 0.29) is 5.54 Å². The predicted octanol–water partition coefficient (Wildman–Crippen LogP) is 4.18. The molecule has 1 saturated carbocycles. The highest BCUT2D eigenvalue weighted by atomic mass is 32.1. The summed E-state index contributed by atoms with van der Waals surface area (Å²) in [6.45, 7) is 7.98. The van der Waals surface area contributed by atoms with Gasteiger partial charge in [-0.05, 0) is 37.6 Å². The molecule has 102 valence electrons. The van der Waals surface area contributed by atoms with Gasteiger partial charge < -0.3 is 5.32 Å². The van der Waals surface area contributed by atoms with Crippen LogP contribution >= 0.6 is 11.3 Å². The number of thiazole rings is 1. The van der Waals surface area contributed by atoms with Crippen molar-refractivity contribution >= 4 is 11.3 Å². The standard InChI is InChI=1S/C15H26N2S/c1-4-17-15(14-16-10-11-18-14)8-5-6-13(7-9-15)12(2)3/h10-13,17H,4-9H2,1-3H3. The van der Waals surface area contributed by atoms with Gasteiger partial charge in [0.1, 0.15) is 5.01 Å². The van der Waals surface area contributed by atoms with E-state index in [1.165, 1.54) is 37.1 Å². The summed E-state index contributed by atoms with van der Waals surface area (Å²) >= 11 is 1.81. The molecular weight excluding hydrogens is 240 g/mol. The molecule has 2 unspecified atom stereocenters. The fourth-order valence-corrected chi connectivity index (χ4v) is 4.17. The lowest BCUT2D eigenvalue weighted by Gasteiger charge is -2.32. The van der Waals surface area contributed by atoms with E-state index in [0.29, 0.717) is 0 Å². The molecule has 0 radical (unpaired) electrons. The molecule has 2 nitrogen and oxygen atoms in total. The highest BCUT2D eigenvalue weighted by molar-refractivity contribution is 7.09.